The summed E-state index contributed by atoms with van der Waals surface area (Å²) < 4.78 is 18.6. The van der Waals surface area contributed by atoms with Crippen LogP contribution in [0.15, 0.2) is 12.3 Å². The number of nitrogens with zero attached hydrogens (tertiary/aromatic N) is 2. The van der Waals surface area contributed by atoms with Crippen LogP contribution in [-0.4, -0.2) is 47.6 Å². The van der Waals surface area contributed by atoms with Gasteiger partial charge in [0, 0.05) is 18.5 Å². The molecule has 5 nitrogen and oxygen atoms in total. The number of carbonyl (C=O) groups excluding carboxylic acids is 1. The predicted octanol–water partition coefficient (Wildman–Crippen LogP) is 2.63. The van der Waals surface area contributed by atoms with E-state index in [2.05, 4.69) is 15.2 Å². The van der Waals surface area contributed by atoms with E-state index in [1.165, 1.54) is 6.07 Å². The van der Waals surface area contributed by atoms with E-state index in [4.69, 9.17) is 16.3 Å². The molecule has 23 heavy (non-hydrogen) atoms. The second-order valence-electron chi connectivity index (χ2n) is 6.64. The van der Waals surface area contributed by atoms with Gasteiger partial charge in [0.15, 0.2) is 5.82 Å². The van der Waals surface area contributed by atoms with E-state index in [1.807, 2.05) is 20.9 Å². The molecule has 0 saturated carbocycles. The summed E-state index contributed by atoms with van der Waals surface area (Å²) in [4.78, 5) is 18.2. The molecule has 2 heterocycles. The molecule has 1 amide bonds. The third-order valence-corrected chi connectivity index (χ3v) is 4.22. The van der Waals surface area contributed by atoms with E-state index in [1.54, 1.807) is 0 Å². The highest BCUT2D eigenvalue weighted by Gasteiger charge is 2.27. The predicted molar refractivity (Wildman–Crippen MR) is 87.2 cm³/mol. The number of rotatable bonds is 6. The molecule has 0 aliphatic carbocycles. The Balaban J connectivity index is 1.83. The van der Waals surface area contributed by atoms with Crippen molar-refractivity contribution < 1.29 is 13.9 Å². The van der Waals surface area contributed by atoms with Gasteiger partial charge in [0.2, 0.25) is 11.8 Å². The topological polar surface area (TPSA) is 54.5 Å². The van der Waals surface area contributed by atoms with E-state index in [0.29, 0.717) is 12.5 Å². The number of likely N-dealkylation sites (tertiary alicyclic amines) is 1. The van der Waals surface area contributed by atoms with Crippen LogP contribution in [0.5, 0.6) is 5.88 Å². The summed E-state index contributed by atoms with van der Waals surface area (Å²) in [5.74, 6) is -0.357. The van der Waals surface area contributed by atoms with E-state index < -0.39 is 11.4 Å². The summed E-state index contributed by atoms with van der Waals surface area (Å²) in [6.45, 7) is 5.00. The van der Waals surface area contributed by atoms with Crippen LogP contribution >= 0.6 is 11.6 Å². The molecule has 1 atom stereocenters. The molecule has 7 heteroatoms. The number of amides is 1. The lowest BCUT2D eigenvalue weighted by atomic mass is 10.1. The number of ether oxygens (including phenoxy) is 1. The molecule has 1 fully saturated rings. The third kappa shape index (κ3) is 5.32. The summed E-state index contributed by atoms with van der Waals surface area (Å²) in [6.07, 6.45) is 3.69. The number of aromatic nitrogens is 1. The maximum Gasteiger partial charge on any atom is 0.222 e. The number of hydrogen-bond acceptors (Lipinski definition) is 4. The smallest absolute Gasteiger partial charge is 0.222 e. The lowest BCUT2D eigenvalue weighted by molar-refractivity contribution is -0.124. The van der Waals surface area contributed by atoms with Gasteiger partial charge < -0.3 is 15.0 Å². The highest BCUT2D eigenvalue weighted by atomic mass is 35.5. The first-order valence-electron chi connectivity index (χ1n) is 7.72. The molecule has 1 aliphatic heterocycles. The van der Waals surface area contributed by atoms with Crippen LogP contribution in [0.3, 0.4) is 0 Å². The van der Waals surface area contributed by atoms with Gasteiger partial charge in [0.25, 0.3) is 0 Å². The minimum Gasteiger partial charge on any atom is -0.475 e. The number of halogens is 2. The summed E-state index contributed by atoms with van der Waals surface area (Å²) in [5, 5.41) is 2.93. The van der Waals surface area contributed by atoms with Crippen LogP contribution in [0.2, 0.25) is 5.02 Å². The summed E-state index contributed by atoms with van der Waals surface area (Å²) in [5.41, 5.74) is -0.559. The Bertz CT molecular complexity index is 568. The number of hydrogen-bond donors (Lipinski definition) is 1. The van der Waals surface area contributed by atoms with Crippen molar-refractivity contribution in [3.05, 3.63) is 23.1 Å². The SMILES string of the molecule is CN1CCCC1CC(=O)NC(C)(C)COc1cc(Cl)c(F)cn1. The van der Waals surface area contributed by atoms with Crippen molar-refractivity contribution >= 4 is 17.5 Å². The first-order chi connectivity index (χ1) is 10.8. The molecule has 1 aromatic heterocycles. The number of nitrogens with one attached hydrogen (secondary N) is 1. The second-order valence-corrected chi connectivity index (χ2v) is 7.05. The Morgan fingerprint density at radius 2 is 2.35 bits per heavy atom. The average molecular weight is 344 g/mol. The van der Waals surface area contributed by atoms with Crippen molar-refractivity contribution in [3.8, 4) is 5.88 Å². The maximum atomic E-state index is 13.1. The van der Waals surface area contributed by atoms with Gasteiger partial charge in [-0.1, -0.05) is 11.6 Å². The molecule has 0 spiro atoms. The third-order valence-electron chi connectivity index (χ3n) is 3.93. The molecule has 0 aromatic carbocycles. The quantitative estimate of drug-likeness (QED) is 0.862. The number of carbonyl (C=O) groups is 1. The van der Waals surface area contributed by atoms with Gasteiger partial charge in [0.1, 0.15) is 6.61 Å². The highest BCUT2D eigenvalue weighted by molar-refractivity contribution is 6.30. The lowest BCUT2D eigenvalue weighted by Gasteiger charge is -2.27. The van der Waals surface area contributed by atoms with Crippen molar-refractivity contribution in [1.82, 2.24) is 15.2 Å². The van der Waals surface area contributed by atoms with Gasteiger partial charge in [-0.25, -0.2) is 9.37 Å². The average Bonchev–Trinajstić information content (AvgIpc) is 2.85. The van der Waals surface area contributed by atoms with E-state index >= 15 is 0 Å². The van der Waals surface area contributed by atoms with Crippen LogP contribution < -0.4 is 10.1 Å². The summed E-state index contributed by atoms with van der Waals surface area (Å²) in [6, 6.07) is 1.63. The zero-order valence-electron chi connectivity index (χ0n) is 13.7. The van der Waals surface area contributed by atoms with Gasteiger partial charge in [-0.05, 0) is 40.3 Å². The molecule has 1 unspecified atom stereocenters. The van der Waals surface area contributed by atoms with Crippen molar-refractivity contribution in [3.63, 3.8) is 0 Å². The minimum atomic E-state index is -0.590. The van der Waals surface area contributed by atoms with Crippen LogP contribution in [-0.2, 0) is 4.79 Å². The monoisotopic (exact) mass is 343 g/mol. The molecular formula is C16H23ClFN3O2. The maximum absolute atomic E-state index is 13.1. The molecule has 128 valence electrons. The molecule has 1 N–H and O–H groups in total. The zero-order chi connectivity index (χ0) is 17.0. The fourth-order valence-corrected chi connectivity index (χ4v) is 2.79. The Morgan fingerprint density at radius 1 is 1.61 bits per heavy atom. The van der Waals surface area contributed by atoms with Crippen LogP contribution in [0.4, 0.5) is 4.39 Å². The minimum absolute atomic E-state index is 0.00227. The second kappa shape index (κ2) is 7.45. The van der Waals surface area contributed by atoms with Crippen molar-refractivity contribution in [1.29, 1.82) is 0 Å². The molecule has 0 bridgehead atoms. The molecular weight excluding hydrogens is 321 g/mol. The molecule has 0 radical (unpaired) electrons. The first-order valence-corrected chi connectivity index (χ1v) is 8.10. The molecule has 1 aromatic rings. The van der Waals surface area contributed by atoms with Crippen molar-refractivity contribution in [2.24, 2.45) is 0 Å². The van der Waals surface area contributed by atoms with E-state index in [9.17, 15) is 9.18 Å². The van der Waals surface area contributed by atoms with E-state index in [0.717, 1.165) is 25.6 Å². The van der Waals surface area contributed by atoms with Crippen molar-refractivity contribution in [2.75, 3.05) is 20.2 Å². The van der Waals surface area contributed by atoms with Gasteiger partial charge in [0.05, 0.1) is 16.8 Å². The molecule has 1 aliphatic rings. The van der Waals surface area contributed by atoms with E-state index in [-0.39, 0.29) is 23.4 Å². The Labute approximate surface area is 141 Å². The number of pyridine rings is 1. The largest absolute Gasteiger partial charge is 0.475 e. The summed E-state index contributed by atoms with van der Waals surface area (Å²) in [7, 11) is 2.04. The normalized spacial score (nSPS) is 18.9. The van der Waals surface area contributed by atoms with Gasteiger partial charge in [-0.15, -0.1) is 0 Å². The van der Waals surface area contributed by atoms with Gasteiger partial charge >= 0.3 is 0 Å². The Kier molecular flexibility index (Phi) is 5.81. The van der Waals surface area contributed by atoms with Crippen LogP contribution in [0.1, 0.15) is 33.1 Å². The van der Waals surface area contributed by atoms with Gasteiger partial charge in [-0.2, -0.15) is 0 Å². The van der Waals surface area contributed by atoms with Gasteiger partial charge in [-0.3, -0.25) is 4.79 Å². The van der Waals surface area contributed by atoms with Crippen LogP contribution in [0.25, 0.3) is 0 Å². The summed E-state index contributed by atoms with van der Waals surface area (Å²) >= 11 is 5.69. The first kappa shape index (κ1) is 17.9. The fraction of sp³-hybridized carbons (Fsp3) is 0.625. The standard InChI is InChI=1S/C16H23ClFN3O2/c1-16(2,10-23-15-8-12(17)13(18)9-19-15)20-14(22)7-11-5-4-6-21(11)3/h8-9,11H,4-7,10H2,1-3H3,(H,20,22). The van der Waals surface area contributed by atoms with Crippen molar-refractivity contribution in [2.45, 2.75) is 44.7 Å². The fourth-order valence-electron chi connectivity index (χ4n) is 2.65. The Morgan fingerprint density at radius 3 is 2.96 bits per heavy atom. The lowest BCUT2D eigenvalue weighted by Crippen LogP contribution is -2.49. The highest BCUT2D eigenvalue weighted by Crippen LogP contribution is 2.20. The Hall–Kier alpha value is -1.40. The molecule has 1 saturated heterocycles. The van der Waals surface area contributed by atoms with Crippen LogP contribution in [0, 0.1) is 5.82 Å². The zero-order valence-corrected chi connectivity index (χ0v) is 14.5. The molecule has 2 rings (SSSR count).